The van der Waals surface area contributed by atoms with Crippen molar-refractivity contribution in [2.24, 2.45) is 5.73 Å². The van der Waals surface area contributed by atoms with E-state index in [1.807, 2.05) is 11.4 Å². The topological polar surface area (TPSA) is 26.0 Å². The number of alkyl halides is 3. The molecule has 1 nitrogen and oxygen atoms in total. The van der Waals surface area contributed by atoms with Crippen molar-refractivity contribution in [2.45, 2.75) is 19.1 Å². The van der Waals surface area contributed by atoms with Crippen molar-refractivity contribution in [1.29, 1.82) is 0 Å². The fraction of sp³-hybridized carbons (Fsp3) is 0.231. The molecular weight excluding hydrogens is 295 g/mol. The number of rotatable bonds is 3. The van der Waals surface area contributed by atoms with Crippen LogP contribution in [0.15, 0.2) is 35.7 Å². The second kappa shape index (κ2) is 6.41. The summed E-state index contributed by atoms with van der Waals surface area (Å²) in [5.41, 5.74) is 6.56. The van der Waals surface area contributed by atoms with Crippen LogP contribution in [-0.2, 0) is 19.1 Å². The smallest absolute Gasteiger partial charge is 0.326 e. The molecule has 104 valence electrons. The second-order valence-corrected chi connectivity index (χ2v) is 5.00. The van der Waals surface area contributed by atoms with Crippen molar-refractivity contribution >= 4 is 23.7 Å². The Balaban J connectivity index is 0.00000180. The second-order valence-electron chi connectivity index (χ2n) is 4.00. The van der Waals surface area contributed by atoms with Crippen molar-refractivity contribution in [1.82, 2.24) is 0 Å². The summed E-state index contributed by atoms with van der Waals surface area (Å²) < 4.78 is 37.7. The van der Waals surface area contributed by atoms with Crippen LogP contribution in [0.5, 0.6) is 0 Å². The van der Waals surface area contributed by atoms with E-state index < -0.39 is 11.7 Å². The first-order chi connectivity index (χ1) is 8.49. The summed E-state index contributed by atoms with van der Waals surface area (Å²) in [7, 11) is 0. The fourth-order valence-corrected chi connectivity index (χ4v) is 2.49. The van der Waals surface area contributed by atoms with Gasteiger partial charge in [-0.05, 0) is 35.1 Å². The van der Waals surface area contributed by atoms with Gasteiger partial charge >= 0.3 is 6.18 Å². The molecular formula is C13H13ClF3NS. The van der Waals surface area contributed by atoms with Gasteiger partial charge in [0.1, 0.15) is 0 Å². The first-order valence-electron chi connectivity index (χ1n) is 5.41. The Morgan fingerprint density at radius 3 is 2.42 bits per heavy atom. The van der Waals surface area contributed by atoms with Crippen LogP contribution in [0, 0.1) is 0 Å². The monoisotopic (exact) mass is 307 g/mol. The van der Waals surface area contributed by atoms with Crippen LogP contribution >= 0.6 is 23.7 Å². The highest BCUT2D eigenvalue weighted by atomic mass is 35.5. The SMILES string of the molecule is Cl.NCc1cc(Cc2cccc(C(F)(F)F)c2)cs1. The largest absolute Gasteiger partial charge is 0.416 e. The molecule has 0 unspecified atom stereocenters. The lowest BCUT2D eigenvalue weighted by molar-refractivity contribution is -0.137. The number of nitrogens with two attached hydrogens (primary N) is 1. The lowest BCUT2D eigenvalue weighted by Crippen LogP contribution is -2.05. The summed E-state index contributed by atoms with van der Waals surface area (Å²) >= 11 is 1.53. The molecule has 0 atom stereocenters. The summed E-state index contributed by atoms with van der Waals surface area (Å²) in [6.45, 7) is 0.466. The standard InChI is InChI=1S/C13H12F3NS.ClH/c14-13(15,16)11-3-1-2-9(5-11)4-10-6-12(7-17)18-8-10;/h1-3,5-6,8H,4,7,17H2;1H. The maximum Gasteiger partial charge on any atom is 0.416 e. The Kier molecular flexibility index (Phi) is 5.40. The van der Waals surface area contributed by atoms with Crippen LogP contribution in [-0.4, -0.2) is 0 Å². The Bertz CT molecular complexity index is 537. The molecule has 19 heavy (non-hydrogen) atoms. The molecule has 1 heterocycles. The van der Waals surface area contributed by atoms with Gasteiger partial charge in [0.25, 0.3) is 0 Å². The van der Waals surface area contributed by atoms with E-state index in [-0.39, 0.29) is 12.4 Å². The number of hydrogen-bond donors (Lipinski definition) is 1. The zero-order valence-corrected chi connectivity index (χ0v) is 11.5. The fourth-order valence-electron chi connectivity index (χ4n) is 1.72. The first-order valence-corrected chi connectivity index (χ1v) is 6.29. The summed E-state index contributed by atoms with van der Waals surface area (Å²) in [4.78, 5) is 1.04. The highest BCUT2D eigenvalue weighted by molar-refractivity contribution is 7.10. The first kappa shape index (κ1) is 16.0. The highest BCUT2D eigenvalue weighted by Gasteiger charge is 2.30. The number of thiophene rings is 1. The van der Waals surface area contributed by atoms with Crippen molar-refractivity contribution < 1.29 is 13.2 Å². The summed E-state index contributed by atoms with van der Waals surface area (Å²) in [6.07, 6.45) is -3.78. The minimum Gasteiger partial charge on any atom is -0.326 e. The molecule has 2 aromatic rings. The van der Waals surface area contributed by atoms with E-state index in [1.165, 1.54) is 23.5 Å². The van der Waals surface area contributed by atoms with Gasteiger partial charge in [0.2, 0.25) is 0 Å². The molecule has 0 bridgehead atoms. The minimum atomic E-state index is -4.28. The number of halogens is 4. The molecule has 0 aliphatic carbocycles. The van der Waals surface area contributed by atoms with Crippen LogP contribution in [0.4, 0.5) is 13.2 Å². The summed E-state index contributed by atoms with van der Waals surface area (Å²) in [5.74, 6) is 0. The summed E-state index contributed by atoms with van der Waals surface area (Å²) in [6, 6.07) is 7.36. The third-order valence-corrected chi connectivity index (χ3v) is 3.58. The van der Waals surface area contributed by atoms with Crippen LogP contribution in [0.2, 0.25) is 0 Å². The predicted octanol–water partition coefficient (Wildman–Crippen LogP) is 4.24. The molecule has 1 aromatic carbocycles. The molecule has 0 aliphatic rings. The van der Waals surface area contributed by atoms with E-state index in [0.717, 1.165) is 16.5 Å². The average molecular weight is 308 g/mol. The van der Waals surface area contributed by atoms with Gasteiger partial charge < -0.3 is 5.73 Å². The molecule has 1 aromatic heterocycles. The molecule has 0 saturated carbocycles. The Hall–Kier alpha value is -1.04. The van der Waals surface area contributed by atoms with Crippen LogP contribution in [0.3, 0.4) is 0 Å². The van der Waals surface area contributed by atoms with Crippen molar-refractivity contribution in [3.63, 3.8) is 0 Å². The molecule has 0 amide bonds. The number of hydrogen-bond acceptors (Lipinski definition) is 2. The molecule has 0 aliphatic heterocycles. The van der Waals surface area contributed by atoms with Crippen LogP contribution < -0.4 is 5.73 Å². The van der Waals surface area contributed by atoms with Crippen molar-refractivity contribution in [3.8, 4) is 0 Å². The van der Waals surface area contributed by atoms with Crippen molar-refractivity contribution in [2.75, 3.05) is 0 Å². The Morgan fingerprint density at radius 1 is 1.11 bits per heavy atom. The van der Waals surface area contributed by atoms with E-state index in [9.17, 15) is 13.2 Å². The molecule has 0 spiro atoms. The van der Waals surface area contributed by atoms with E-state index in [2.05, 4.69) is 0 Å². The van der Waals surface area contributed by atoms with Gasteiger partial charge in [0, 0.05) is 11.4 Å². The van der Waals surface area contributed by atoms with Crippen LogP contribution in [0.25, 0.3) is 0 Å². The lowest BCUT2D eigenvalue weighted by Gasteiger charge is -2.08. The van der Waals surface area contributed by atoms with E-state index in [1.54, 1.807) is 6.07 Å². The van der Waals surface area contributed by atoms with Crippen LogP contribution in [0.1, 0.15) is 21.6 Å². The molecule has 2 rings (SSSR count). The minimum absolute atomic E-state index is 0. The van der Waals surface area contributed by atoms with Gasteiger partial charge in [0.15, 0.2) is 0 Å². The predicted molar refractivity (Wildman–Crippen MR) is 73.7 cm³/mol. The van der Waals surface area contributed by atoms with E-state index in [4.69, 9.17) is 5.73 Å². The highest BCUT2D eigenvalue weighted by Crippen LogP contribution is 2.30. The van der Waals surface area contributed by atoms with Gasteiger partial charge in [-0.15, -0.1) is 23.7 Å². The van der Waals surface area contributed by atoms with Gasteiger partial charge in [-0.25, -0.2) is 0 Å². The normalized spacial score (nSPS) is 11.2. The maximum absolute atomic E-state index is 12.6. The molecule has 0 radical (unpaired) electrons. The zero-order chi connectivity index (χ0) is 13.2. The van der Waals surface area contributed by atoms with Gasteiger partial charge in [-0.1, -0.05) is 18.2 Å². The molecule has 6 heteroatoms. The molecule has 0 saturated heterocycles. The lowest BCUT2D eigenvalue weighted by atomic mass is 10.0. The Labute approximate surface area is 119 Å². The average Bonchev–Trinajstić information content (AvgIpc) is 2.76. The third-order valence-electron chi connectivity index (χ3n) is 2.57. The van der Waals surface area contributed by atoms with Gasteiger partial charge in [-0.3, -0.25) is 0 Å². The van der Waals surface area contributed by atoms with E-state index in [0.29, 0.717) is 18.5 Å². The van der Waals surface area contributed by atoms with Crippen molar-refractivity contribution in [3.05, 3.63) is 57.3 Å². The van der Waals surface area contributed by atoms with Gasteiger partial charge in [0.05, 0.1) is 5.56 Å². The molecule has 0 fully saturated rings. The van der Waals surface area contributed by atoms with Gasteiger partial charge in [-0.2, -0.15) is 13.2 Å². The quantitative estimate of drug-likeness (QED) is 0.902. The van der Waals surface area contributed by atoms with E-state index >= 15 is 0 Å². The maximum atomic E-state index is 12.6. The molecule has 2 N–H and O–H groups in total. The number of benzene rings is 1. The third kappa shape index (κ3) is 4.23. The Morgan fingerprint density at radius 2 is 1.84 bits per heavy atom. The summed E-state index contributed by atoms with van der Waals surface area (Å²) in [5, 5.41) is 1.93. The zero-order valence-electron chi connectivity index (χ0n) is 9.91.